The summed E-state index contributed by atoms with van der Waals surface area (Å²) in [4.78, 5) is -1.41. The van der Waals surface area contributed by atoms with Gasteiger partial charge in [0.15, 0.2) is 11.1 Å². The van der Waals surface area contributed by atoms with Crippen molar-refractivity contribution in [3.05, 3.63) is 23.8 Å². The maximum absolute atomic E-state index is 12.3. The molecular weight excluding hydrogens is 281 g/mol. The van der Waals surface area contributed by atoms with E-state index in [1.807, 2.05) is 0 Å². The number of halogens is 3. The Labute approximate surface area is 97.7 Å². The Bertz CT molecular complexity index is 563. The Morgan fingerprint density at radius 2 is 1.82 bits per heavy atom. The van der Waals surface area contributed by atoms with Gasteiger partial charge in [-0.25, -0.2) is 12.6 Å². The number of rotatable bonds is 2. The second kappa shape index (κ2) is 4.39. The van der Waals surface area contributed by atoms with Crippen LogP contribution >= 0.6 is 0 Å². The second-order valence-electron chi connectivity index (χ2n) is 3.13. The quantitative estimate of drug-likeness (QED) is 0.843. The largest absolute Gasteiger partial charge is 0.501 e. The zero-order valence-corrected chi connectivity index (χ0v) is 9.99. The van der Waals surface area contributed by atoms with Crippen molar-refractivity contribution < 1.29 is 30.4 Å². The molecule has 0 saturated heterocycles. The van der Waals surface area contributed by atoms with E-state index in [-0.39, 0.29) is 5.56 Å². The molecular formula is C8H7F3O4S2. The normalized spacial score (nSPS) is 14.6. The van der Waals surface area contributed by atoms with Crippen LogP contribution in [0.25, 0.3) is 0 Å². The molecule has 4 nitrogen and oxygen atoms in total. The van der Waals surface area contributed by atoms with Gasteiger partial charge in [0.25, 0.3) is 9.84 Å². The van der Waals surface area contributed by atoms with Crippen LogP contribution in [-0.2, 0) is 20.9 Å². The average Bonchev–Trinajstić information content (AvgIpc) is 2.15. The molecule has 0 bridgehead atoms. The molecule has 0 fully saturated rings. The van der Waals surface area contributed by atoms with Gasteiger partial charge in [0.05, 0.1) is 9.79 Å². The summed E-state index contributed by atoms with van der Waals surface area (Å²) in [6.07, 6.45) is 0. The summed E-state index contributed by atoms with van der Waals surface area (Å²) in [7, 11) is -5.51. The van der Waals surface area contributed by atoms with E-state index in [0.29, 0.717) is 6.07 Å². The molecule has 17 heavy (non-hydrogen) atoms. The minimum absolute atomic E-state index is 0.142. The van der Waals surface area contributed by atoms with Crippen LogP contribution in [-0.4, -0.2) is 22.7 Å². The number of sulfone groups is 1. The number of hydrogen-bond donors (Lipinski definition) is 1. The van der Waals surface area contributed by atoms with E-state index in [4.69, 9.17) is 4.55 Å². The molecule has 9 heteroatoms. The Morgan fingerprint density at radius 3 is 2.24 bits per heavy atom. The molecule has 1 atom stereocenters. The molecule has 0 amide bonds. The molecule has 0 radical (unpaired) electrons. The third kappa shape index (κ3) is 2.67. The predicted molar refractivity (Wildman–Crippen MR) is 53.5 cm³/mol. The molecule has 1 unspecified atom stereocenters. The lowest BCUT2D eigenvalue weighted by Gasteiger charge is -2.11. The van der Waals surface area contributed by atoms with Gasteiger partial charge < -0.3 is 4.55 Å². The summed E-state index contributed by atoms with van der Waals surface area (Å²) in [5, 5.41) is 0. The Morgan fingerprint density at radius 1 is 1.29 bits per heavy atom. The smallest absolute Gasteiger partial charge is 0.302 e. The van der Waals surface area contributed by atoms with Gasteiger partial charge in [0.1, 0.15) is 0 Å². The topological polar surface area (TPSA) is 71.4 Å². The lowest BCUT2D eigenvalue weighted by atomic mass is 10.2. The molecule has 0 heterocycles. The number of aryl methyl sites for hydroxylation is 1. The van der Waals surface area contributed by atoms with Crippen LogP contribution in [0.15, 0.2) is 28.0 Å². The molecule has 0 spiro atoms. The van der Waals surface area contributed by atoms with E-state index in [0.717, 1.165) is 12.1 Å². The van der Waals surface area contributed by atoms with Crippen LogP contribution in [0.1, 0.15) is 5.56 Å². The Balaban J connectivity index is 3.52. The second-order valence-corrected chi connectivity index (χ2v) is 6.00. The fourth-order valence-corrected chi connectivity index (χ4v) is 2.60. The number of alkyl halides is 3. The fourth-order valence-electron chi connectivity index (χ4n) is 1.10. The molecule has 0 aliphatic rings. The van der Waals surface area contributed by atoms with Crippen molar-refractivity contribution in [2.45, 2.75) is 22.2 Å². The Kier molecular flexibility index (Phi) is 3.65. The SMILES string of the molecule is Cc1ccc(S(=O)O)cc1S(=O)(=O)C(F)(F)F. The van der Waals surface area contributed by atoms with Crippen LogP contribution in [0.2, 0.25) is 0 Å². The maximum Gasteiger partial charge on any atom is 0.501 e. The van der Waals surface area contributed by atoms with Crippen LogP contribution in [0.4, 0.5) is 13.2 Å². The maximum atomic E-state index is 12.3. The monoisotopic (exact) mass is 288 g/mol. The van der Waals surface area contributed by atoms with Crippen molar-refractivity contribution in [1.82, 2.24) is 0 Å². The standard InChI is InChI=1S/C8H7F3O4S2/c1-5-2-3-6(16(12)13)4-7(5)17(14,15)8(9,10)11/h2-4H,1H3,(H,12,13). The minimum Gasteiger partial charge on any atom is -0.302 e. The molecule has 0 saturated carbocycles. The van der Waals surface area contributed by atoms with E-state index >= 15 is 0 Å². The van der Waals surface area contributed by atoms with Crippen molar-refractivity contribution in [2.75, 3.05) is 0 Å². The summed E-state index contributed by atoms with van der Waals surface area (Å²) in [5.74, 6) is 0. The van der Waals surface area contributed by atoms with Crippen LogP contribution in [0.3, 0.4) is 0 Å². The van der Waals surface area contributed by atoms with E-state index in [1.165, 1.54) is 6.92 Å². The van der Waals surface area contributed by atoms with Crippen molar-refractivity contribution >= 4 is 20.9 Å². The summed E-state index contributed by atoms with van der Waals surface area (Å²) >= 11 is -2.54. The van der Waals surface area contributed by atoms with Crippen molar-refractivity contribution in [3.8, 4) is 0 Å². The van der Waals surface area contributed by atoms with E-state index in [1.54, 1.807) is 0 Å². The first kappa shape index (κ1) is 14.1. The summed E-state index contributed by atoms with van der Waals surface area (Å²) in [6, 6.07) is 2.68. The molecule has 0 aromatic heterocycles. The molecule has 0 aliphatic carbocycles. The van der Waals surface area contributed by atoms with Gasteiger partial charge in [0, 0.05) is 0 Å². The van der Waals surface area contributed by atoms with Crippen LogP contribution < -0.4 is 0 Å². The van der Waals surface area contributed by atoms with Gasteiger partial charge in [-0.3, -0.25) is 0 Å². The van der Waals surface area contributed by atoms with Crippen molar-refractivity contribution in [3.63, 3.8) is 0 Å². The molecule has 96 valence electrons. The predicted octanol–water partition coefficient (Wildman–Crippen LogP) is 1.87. The first-order valence-corrected chi connectivity index (χ1v) is 6.69. The fraction of sp³-hybridized carbons (Fsp3) is 0.250. The van der Waals surface area contributed by atoms with E-state index < -0.39 is 36.2 Å². The summed E-state index contributed by atoms with van der Waals surface area (Å²) < 4.78 is 78.6. The highest BCUT2D eigenvalue weighted by Gasteiger charge is 2.47. The number of benzene rings is 1. The average molecular weight is 288 g/mol. The van der Waals surface area contributed by atoms with Gasteiger partial charge in [-0.15, -0.1) is 0 Å². The highest BCUT2D eigenvalue weighted by Crippen LogP contribution is 2.32. The minimum atomic E-state index is -5.51. The van der Waals surface area contributed by atoms with Gasteiger partial charge in [-0.1, -0.05) is 6.07 Å². The molecule has 1 rings (SSSR count). The highest BCUT2D eigenvalue weighted by molar-refractivity contribution is 7.92. The molecule has 1 aromatic carbocycles. The molecule has 1 N–H and O–H groups in total. The zero-order chi connectivity index (χ0) is 13.4. The van der Waals surface area contributed by atoms with Gasteiger partial charge in [-0.05, 0) is 24.6 Å². The first-order chi connectivity index (χ1) is 7.57. The van der Waals surface area contributed by atoms with E-state index in [9.17, 15) is 25.8 Å². The van der Waals surface area contributed by atoms with Crippen molar-refractivity contribution in [2.24, 2.45) is 0 Å². The zero-order valence-electron chi connectivity index (χ0n) is 8.35. The van der Waals surface area contributed by atoms with Crippen LogP contribution in [0.5, 0.6) is 0 Å². The molecule has 1 aromatic rings. The first-order valence-electron chi connectivity index (χ1n) is 4.10. The van der Waals surface area contributed by atoms with Gasteiger partial charge in [-0.2, -0.15) is 13.2 Å². The van der Waals surface area contributed by atoms with E-state index in [2.05, 4.69) is 0 Å². The third-order valence-corrected chi connectivity index (χ3v) is 4.24. The lowest BCUT2D eigenvalue weighted by molar-refractivity contribution is -0.0436. The third-order valence-electron chi connectivity index (χ3n) is 1.96. The summed E-state index contributed by atoms with van der Waals surface area (Å²) in [5.41, 5.74) is -5.58. The van der Waals surface area contributed by atoms with Crippen LogP contribution in [0, 0.1) is 6.92 Å². The van der Waals surface area contributed by atoms with Gasteiger partial charge in [0.2, 0.25) is 0 Å². The van der Waals surface area contributed by atoms with Crippen molar-refractivity contribution in [1.29, 1.82) is 0 Å². The lowest BCUT2D eigenvalue weighted by Crippen LogP contribution is -2.24. The number of hydrogen-bond acceptors (Lipinski definition) is 3. The summed E-state index contributed by atoms with van der Waals surface area (Å²) in [6.45, 7) is 1.17. The van der Waals surface area contributed by atoms with Gasteiger partial charge >= 0.3 is 5.51 Å². The Hall–Kier alpha value is -0.930. The highest BCUT2D eigenvalue weighted by atomic mass is 32.2. The molecule has 0 aliphatic heterocycles.